The normalized spacial score (nSPS) is 18.4. The summed E-state index contributed by atoms with van der Waals surface area (Å²) in [6.45, 7) is 1.16. The average Bonchev–Trinajstić information content (AvgIpc) is 2.96. The zero-order chi connectivity index (χ0) is 14.1. The van der Waals surface area contributed by atoms with Gasteiger partial charge in [-0.2, -0.15) is 0 Å². The van der Waals surface area contributed by atoms with Gasteiger partial charge in [0.2, 0.25) is 0 Å². The van der Waals surface area contributed by atoms with Gasteiger partial charge in [0, 0.05) is 43.4 Å². The predicted octanol–water partition coefficient (Wildman–Crippen LogP) is 2.42. The van der Waals surface area contributed by atoms with Gasteiger partial charge in [-0.05, 0) is 18.6 Å². The summed E-state index contributed by atoms with van der Waals surface area (Å²) in [7, 11) is 2.03. The Balaban J connectivity index is 1.90. The maximum atomic E-state index is 11.0. The fraction of sp³-hybridized carbons (Fsp3) is 0.333. The summed E-state index contributed by atoms with van der Waals surface area (Å²) in [5.41, 5.74) is 2.07. The molecule has 1 unspecified atom stereocenters. The number of para-hydroxylation sites is 1. The average molecular weight is 271 g/mol. The van der Waals surface area contributed by atoms with Crippen molar-refractivity contribution in [2.75, 3.05) is 25.0 Å². The quantitative estimate of drug-likeness (QED) is 0.911. The van der Waals surface area contributed by atoms with Crippen LogP contribution in [0.1, 0.15) is 6.42 Å². The van der Waals surface area contributed by atoms with E-state index in [-0.39, 0.29) is 6.04 Å². The van der Waals surface area contributed by atoms with Gasteiger partial charge in [0.25, 0.3) is 0 Å². The highest BCUT2D eigenvalue weighted by molar-refractivity contribution is 5.91. The van der Waals surface area contributed by atoms with Crippen LogP contribution in [0.15, 0.2) is 36.5 Å². The van der Waals surface area contributed by atoms with Crippen LogP contribution in [0.2, 0.25) is 0 Å². The summed E-state index contributed by atoms with van der Waals surface area (Å²) in [6, 6.07) is 10.2. The molecule has 0 radical (unpaired) electrons. The minimum Gasteiger partial charge on any atom is -0.465 e. The molecule has 1 aromatic heterocycles. The highest BCUT2D eigenvalue weighted by Crippen LogP contribution is 2.28. The van der Waals surface area contributed by atoms with Crippen LogP contribution in [0.4, 0.5) is 10.5 Å². The van der Waals surface area contributed by atoms with Crippen LogP contribution < -0.4 is 4.90 Å². The number of hydrogen-bond donors (Lipinski definition) is 1. The summed E-state index contributed by atoms with van der Waals surface area (Å²) >= 11 is 0. The number of amides is 1. The van der Waals surface area contributed by atoms with E-state index in [0.29, 0.717) is 13.1 Å². The van der Waals surface area contributed by atoms with Crippen molar-refractivity contribution in [3.63, 3.8) is 0 Å². The number of likely N-dealkylation sites (N-methyl/N-ethyl adjacent to an activating group) is 1. The van der Waals surface area contributed by atoms with Gasteiger partial charge < -0.3 is 14.9 Å². The molecule has 5 heteroatoms. The minimum absolute atomic E-state index is 0.219. The zero-order valence-electron chi connectivity index (χ0n) is 11.4. The van der Waals surface area contributed by atoms with Crippen LogP contribution >= 0.6 is 0 Å². The van der Waals surface area contributed by atoms with Crippen molar-refractivity contribution in [3.8, 4) is 0 Å². The molecule has 2 heterocycles. The third-order valence-corrected chi connectivity index (χ3v) is 3.99. The third kappa shape index (κ3) is 2.15. The molecule has 1 N–H and O–H groups in total. The number of hydrogen-bond acceptors (Lipinski definition) is 3. The van der Waals surface area contributed by atoms with E-state index < -0.39 is 6.09 Å². The lowest BCUT2D eigenvalue weighted by atomic mass is 10.1. The Morgan fingerprint density at radius 1 is 1.40 bits per heavy atom. The van der Waals surface area contributed by atoms with Crippen LogP contribution in [0.3, 0.4) is 0 Å². The first-order valence-electron chi connectivity index (χ1n) is 6.71. The molecule has 1 saturated heterocycles. The lowest BCUT2D eigenvalue weighted by Gasteiger charge is -2.27. The van der Waals surface area contributed by atoms with Crippen LogP contribution in [0.5, 0.6) is 0 Å². The van der Waals surface area contributed by atoms with E-state index in [4.69, 9.17) is 5.11 Å². The Morgan fingerprint density at radius 2 is 2.20 bits per heavy atom. The fourth-order valence-electron chi connectivity index (χ4n) is 2.82. The number of rotatable bonds is 2. The molecule has 0 spiro atoms. The maximum absolute atomic E-state index is 11.0. The molecular weight excluding hydrogens is 254 g/mol. The van der Waals surface area contributed by atoms with Gasteiger partial charge >= 0.3 is 6.09 Å². The van der Waals surface area contributed by atoms with Crippen LogP contribution in [-0.4, -0.2) is 47.3 Å². The lowest BCUT2D eigenvalue weighted by Crippen LogP contribution is -2.36. The van der Waals surface area contributed by atoms with E-state index in [0.717, 1.165) is 23.0 Å². The van der Waals surface area contributed by atoms with E-state index in [2.05, 4.69) is 16.0 Å². The first-order valence-corrected chi connectivity index (χ1v) is 6.71. The van der Waals surface area contributed by atoms with Gasteiger partial charge in [0.1, 0.15) is 0 Å². The number of carbonyl (C=O) groups is 1. The largest absolute Gasteiger partial charge is 0.465 e. The smallest absolute Gasteiger partial charge is 0.407 e. The number of anilines is 1. The van der Waals surface area contributed by atoms with Crippen LogP contribution in [-0.2, 0) is 0 Å². The third-order valence-electron chi connectivity index (χ3n) is 3.99. The number of aromatic nitrogens is 1. The SMILES string of the molecule is CN(c1ccnc2ccccc12)C1CCN(C(=O)O)C1. The van der Waals surface area contributed by atoms with Crippen molar-refractivity contribution in [1.29, 1.82) is 0 Å². The van der Waals surface area contributed by atoms with E-state index in [1.54, 1.807) is 6.20 Å². The Labute approximate surface area is 117 Å². The summed E-state index contributed by atoms with van der Waals surface area (Å²) in [6.07, 6.45) is 1.83. The molecule has 2 aromatic rings. The molecule has 20 heavy (non-hydrogen) atoms. The summed E-state index contributed by atoms with van der Waals surface area (Å²) < 4.78 is 0. The molecule has 1 atom stereocenters. The van der Waals surface area contributed by atoms with E-state index in [9.17, 15) is 4.79 Å². The minimum atomic E-state index is -0.833. The van der Waals surface area contributed by atoms with Gasteiger partial charge in [0.15, 0.2) is 0 Å². The van der Waals surface area contributed by atoms with E-state index in [1.165, 1.54) is 4.90 Å². The van der Waals surface area contributed by atoms with Crippen molar-refractivity contribution in [1.82, 2.24) is 9.88 Å². The van der Waals surface area contributed by atoms with E-state index in [1.807, 2.05) is 31.3 Å². The maximum Gasteiger partial charge on any atom is 0.407 e. The summed E-state index contributed by atoms with van der Waals surface area (Å²) in [4.78, 5) is 19.0. The Bertz CT molecular complexity index is 639. The summed E-state index contributed by atoms with van der Waals surface area (Å²) in [5, 5.41) is 10.2. The van der Waals surface area contributed by atoms with Gasteiger partial charge in [-0.3, -0.25) is 4.98 Å². The number of likely N-dealkylation sites (tertiary alicyclic amines) is 1. The molecule has 0 bridgehead atoms. The van der Waals surface area contributed by atoms with Crippen molar-refractivity contribution in [2.24, 2.45) is 0 Å². The first-order chi connectivity index (χ1) is 9.66. The van der Waals surface area contributed by atoms with Crippen molar-refractivity contribution in [2.45, 2.75) is 12.5 Å². The van der Waals surface area contributed by atoms with Crippen LogP contribution in [0, 0.1) is 0 Å². The van der Waals surface area contributed by atoms with Crippen molar-refractivity contribution < 1.29 is 9.90 Å². The molecule has 1 aliphatic heterocycles. The highest BCUT2D eigenvalue weighted by atomic mass is 16.4. The Hall–Kier alpha value is -2.30. The highest BCUT2D eigenvalue weighted by Gasteiger charge is 2.29. The standard InChI is InChI=1S/C15H17N3O2/c1-17(11-7-9-18(10-11)15(19)20)14-6-8-16-13-5-3-2-4-12(13)14/h2-6,8,11H,7,9-10H2,1H3,(H,19,20). The van der Waals surface area contributed by atoms with Gasteiger partial charge in [-0.1, -0.05) is 18.2 Å². The Kier molecular flexibility index (Phi) is 3.18. The molecule has 1 fully saturated rings. The number of nitrogens with zero attached hydrogens (tertiary/aromatic N) is 3. The zero-order valence-corrected chi connectivity index (χ0v) is 11.4. The molecule has 1 amide bonds. The van der Waals surface area contributed by atoms with Crippen molar-refractivity contribution in [3.05, 3.63) is 36.5 Å². The van der Waals surface area contributed by atoms with Gasteiger partial charge in [0.05, 0.1) is 5.52 Å². The number of pyridine rings is 1. The second kappa shape index (κ2) is 5.00. The molecule has 0 saturated carbocycles. The second-order valence-corrected chi connectivity index (χ2v) is 5.13. The molecule has 104 valence electrons. The first kappa shape index (κ1) is 12.7. The number of fused-ring (bicyclic) bond motifs is 1. The van der Waals surface area contributed by atoms with Gasteiger partial charge in [-0.25, -0.2) is 4.79 Å². The molecular formula is C15H17N3O2. The Morgan fingerprint density at radius 3 is 2.95 bits per heavy atom. The molecule has 3 rings (SSSR count). The van der Waals surface area contributed by atoms with Crippen LogP contribution in [0.25, 0.3) is 10.9 Å². The molecule has 1 aromatic carbocycles. The number of benzene rings is 1. The fourth-order valence-corrected chi connectivity index (χ4v) is 2.82. The molecule has 0 aliphatic carbocycles. The summed E-state index contributed by atoms with van der Waals surface area (Å²) in [5.74, 6) is 0. The molecule has 5 nitrogen and oxygen atoms in total. The topological polar surface area (TPSA) is 56.7 Å². The second-order valence-electron chi connectivity index (χ2n) is 5.13. The monoisotopic (exact) mass is 271 g/mol. The predicted molar refractivity (Wildman–Crippen MR) is 78.1 cm³/mol. The van der Waals surface area contributed by atoms with Gasteiger partial charge in [-0.15, -0.1) is 0 Å². The van der Waals surface area contributed by atoms with E-state index >= 15 is 0 Å². The number of carboxylic acid groups (broad SMARTS) is 1. The lowest BCUT2D eigenvalue weighted by molar-refractivity contribution is 0.155. The van der Waals surface area contributed by atoms with Crippen molar-refractivity contribution >= 4 is 22.7 Å². The molecule has 1 aliphatic rings.